The first-order valence-corrected chi connectivity index (χ1v) is 7.58. The van der Waals surface area contributed by atoms with Gasteiger partial charge in [-0.05, 0) is 32.7 Å². The second-order valence-corrected chi connectivity index (χ2v) is 6.31. The molecular weight excluding hydrogens is 220 g/mol. The van der Waals surface area contributed by atoms with Crippen LogP contribution in [0.25, 0.3) is 0 Å². The topological polar surface area (TPSA) is 33.3 Å². The first-order chi connectivity index (χ1) is 7.79. The summed E-state index contributed by atoms with van der Waals surface area (Å²) in [6.45, 7) is 6.39. The molecule has 0 radical (unpaired) electrons. The van der Waals surface area contributed by atoms with Crippen LogP contribution in [-0.2, 0) is 4.74 Å². The minimum atomic E-state index is 0.222. The lowest BCUT2D eigenvalue weighted by atomic mass is 9.94. The maximum Gasteiger partial charge on any atom is 0.0645 e. The average molecular weight is 244 g/mol. The van der Waals surface area contributed by atoms with Crippen LogP contribution >= 0.6 is 11.8 Å². The molecule has 2 unspecified atom stereocenters. The van der Waals surface area contributed by atoms with Crippen molar-refractivity contribution in [2.45, 2.75) is 37.8 Å². The van der Waals surface area contributed by atoms with Gasteiger partial charge in [-0.3, -0.25) is 0 Å². The highest BCUT2D eigenvalue weighted by Gasteiger charge is 2.26. The lowest BCUT2D eigenvalue weighted by Gasteiger charge is -2.35. The molecule has 0 amide bonds. The Bertz CT molecular complexity index is 201. The monoisotopic (exact) mass is 244 g/mol. The Morgan fingerprint density at radius 3 is 3.19 bits per heavy atom. The standard InChI is InChI=1S/C12H24N2OS/c1-12(4-2-7-15-10-12)14-5-3-11-9-16-8-6-13-11/h11,13-14H,2-10H2,1H3. The maximum atomic E-state index is 5.55. The molecule has 2 fully saturated rings. The molecule has 2 saturated heterocycles. The van der Waals surface area contributed by atoms with Crippen molar-refractivity contribution in [2.75, 3.05) is 37.8 Å². The number of hydrogen-bond donors (Lipinski definition) is 2. The van der Waals surface area contributed by atoms with Crippen LogP contribution < -0.4 is 10.6 Å². The summed E-state index contributed by atoms with van der Waals surface area (Å²) in [5.41, 5.74) is 0.222. The van der Waals surface area contributed by atoms with Crippen LogP contribution in [0.5, 0.6) is 0 Å². The van der Waals surface area contributed by atoms with Crippen molar-refractivity contribution >= 4 is 11.8 Å². The normalized spacial score (nSPS) is 36.2. The lowest BCUT2D eigenvalue weighted by Crippen LogP contribution is -2.50. The van der Waals surface area contributed by atoms with Gasteiger partial charge in [0, 0.05) is 36.2 Å². The van der Waals surface area contributed by atoms with Crippen molar-refractivity contribution in [1.82, 2.24) is 10.6 Å². The van der Waals surface area contributed by atoms with Crippen LogP contribution in [-0.4, -0.2) is 49.4 Å². The van der Waals surface area contributed by atoms with Gasteiger partial charge >= 0.3 is 0 Å². The first kappa shape index (κ1) is 12.7. The number of ether oxygens (including phenoxy) is 1. The van der Waals surface area contributed by atoms with Gasteiger partial charge in [0.25, 0.3) is 0 Å². The molecule has 2 heterocycles. The van der Waals surface area contributed by atoms with E-state index in [1.54, 1.807) is 0 Å². The molecular formula is C12H24N2OS. The summed E-state index contributed by atoms with van der Waals surface area (Å²) in [4.78, 5) is 0. The Morgan fingerprint density at radius 1 is 1.56 bits per heavy atom. The van der Waals surface area contributed by atoms with E-state index in [0.29, 0.717) is 6.04 Å². The third-order valence-corrected chi connectivity index (χ3v) is 4.61. The Hall–Kier alpha value is 0.230. The number of thioether (sulfide) groups is 1. The van der Waals surface area contributed by atoms with Crippen molar-refractivity contribution in [3.8, 4) is 0 Å². The largest absolute Gasteiger partial charge is 0.380 e. The van der Waals surface area contributed by atoms with Crippen molar-refractivity contribution in [1.29, 1.82) is 0 Å². The van der Waals surface area contributed by atoms with Gasteiger partial charge < -0.3 is 15.4 Å². The molecule has 2 rings (SSSR count). The third-order valence-electron chi connectivity index (χ3n) is 3.48. The molecule has 4 heteroatoms. The van der Waals surface area contributed by atoms with Crippen LogP contribution in [0, 0.1) is 0 Å². The summed E-state index contributed by atoms with van der Waals surface area (Å²) in [6.07, 6.45) is 3.68. The van der Waals surface area contributed by atoms with Crippen LogP contribution in [0.3, 0.4) is 0 Å². The zero-order valence-corrected chi connectivity index (χ0v) is 11.1. The minimum Gasteiger partial charge on any atom is -0.380 e. The number of nitrogens with one attached hydrogen (secondary N) is 2. The molecule has 0 aromatic rings. The summed E-state index contributed by atoms with van der Waals surface area (Å²) in [6, 6.07) is 0.708. The van der Waals surface area contributed by atoms with E-state index >= 15 is 0 Å². The Kier molecular flexibility index (Phi) is 4.95. The number of hydrogen-bond acceptors (Lipinski definition) is 4. The van der Waals surface area contributed by atoms with Crippen molar-refractivity contribution in [3.63, 3.8) is 0 Å². The summed E-state index contributed by atoms with van der Waals surface area (Å²) in [7, 11) is 0. The molecule has 2 aliphatic heterocycles. The molecule has 0 aromatic carbocycles. The zero-order valence-electron chi connectivity index (χ0n) is 10.3. The van der Waals surface area contributed by atoms with Gasteiger partial charge in [0.15, 0.2) is 0 Å². The van der Waals surface area contributed by atoms with Gasteiger partial charge in [-0.15, -0.1) is 0 Å². The predicted octanol–water partition coefficient (Wildman–Crippen LogP) is 1.24. The molecule has 3 nitrogen and oxygen atoms in total. The van der Waals surface area contributed by atoms with E-state index in [1.165, 1.54) is 37.3 Å². The fraction of sp³-hybridized carbons (Fsp3) is 1.00. The van der Waals surface area contributed by atoms with Crippen LogP contribution in [0.4, 0.5) is 0 Å². The van der Waals surface area contributed by atoms with Gasteiger partial charge in [-0.2, -0.15) is 11.8 Å². The van der Waals surface area contributed by atoms with Crippen LogP contribution in [0.1, 0.15) is 26.2 Å². The Morgan fingerprint density at radius 2 is 2.50 bits per heavy atom. The average Bonchev–Trinajstić information content (AvgIpc) is 2.31. The van der Waals surface area contributed by atoms with E-state index in [2.05, 4.69) is 29.3 Å². The summed E-state index contributed by atoms with van der Waals surface area (Å²) in [5.74, 6) is 2.55. The molecule has 94 valence electrons. The number of rotatable bonds is 4. The molecule has 2 atom stereocenters. The molecule has 0 aliphatic carbocycles. The highest BCUT2D eigenvalue weighted by atomic mass is 32.2. The summed E-state index contributed by atoms with van der Waals surface area (Å²) < 4.78 is 5.55. The van der Waals surface area contributed by atoms with E-state index < -0.39 is 0 Å². The molecule has 0 bridgehead atoms. The second-order valence-electron chi connectivity index (χ2n) is 5.16. The smallest absolute Gasteiger partial charge is 0.0645 e. The van der Waals surface area contributed by atoms with Crippen molar-refractivity contribution in [2.24, 2.45) is 0 Å². The third kappa shape index (κ3) is 3.91. The SMILES string of the molecule is CC1(NCCC2CSCCN2)CCCOC1. The van der Waals surface area contributed by atoms with Gasteiger partial charge in [0.2, 0.25) is 0 Å². The van der Waals surface area contributed by atoms with E-state index in [0.717, 1.165) is 19.8 Å². The Labute approximate surface area is 103 Å². The second kappa shape index (κ2) is 6.24. The predicted molar refractivity (Wildman–Crippen MR) is 70.2 cm³/mol. The van der Waals surface area contributed by atoms with Crippen molar-refractivity contribution in [3.05, 3.63) is 0 Å². The van der Waals surface area contributed by atoms with E-state index in [9.17, 15) is 0 Å². The van der Waals surface area contributed by atoms with Gasteiger partial charge in [0.05, 0.1) is 6.61 Å². The zero-order chi connectivity index (χ0) is 11.3. The van der Waals surface area contributed by atoms with Crippen molar-refractivity contribution < 1.29 is 4.74 Å². The summed E-state index contributed by atoms with van der Waals surface area (Å²) in [5, 5.41) is 7.25. The van der Waals surface area contributed by atoms with Crippen LogP contribution in [0.2, 0.25) is 0 Å². The maximum absolute atomic E-state index is 5.55. The van der Waals surface area contributed by atoms with E-state index in [-0.39, 0.29) is 5.54 Å². The molecule has 2 N–H and O–H groups in total. The minimum absolute atomic E-state index is 0.222. The molecule has 2 aliphatic rings. The quantitative estimate of drug-likeness (QED) is 0.779. The molecule has 16 heavy (non-hydrogen) atoms. The first-order valence-electron chi connectivity index (χ1n) is 6.42. The van der Waals surface area contributed by atoms with E-state index in [4.69, 9.17) is 4.74 Å². The van der Waals surface area contributed by atoms with Crippen LogP contribution in [0.15, 0.2) is 0 Å². The Balaban J connectivity index is 1.62. The molecule has 0 spiro atoms. The highest BCUT2D eigenvalue weighted by molar-refractivity contribution is 7.99. The molecule has 0 aromatic heterocycles. The highest BCUT2D eigenvalue weighted by Crippen LogP contribution is 2.18. The van der Waals surface area contributed by atoms with Gasteiger partial charge in [0.1, 0.15) is 0 Å². The summed E-state index contributed by atoms with van der Waals surface area (Å²) >= 11 is 2.07. The van der Waals surface area contributed by atoms with Gasteiger partial charge in [-0.1, -0.05) is 0 Å². The lowest BCUT2D eigenvalue weighted by molar-refractivity contribution is 0.0284. The fourth-order valence-electron chi connectivity index (χ4n) is 2.43. The van der Waals surface area contributed by atoms with Gasteiger partial charge in [-0.25, -0.2) is 0 Å². The van der Waals surface area contributed by atoms with E-state index in [1.807, 2.05) is 0 Å². The molecule has 0 saturated carbocycles. The fourth-order valence-corrected chi connectivity index (χ4v) is 3.42.